The highest BCUT2D eigenvalue weighted by atomic mass is 16.6. The van der Waals surface area contributed by atoms with Crippen molar-refractivity contribution in [1.82, 2.24) is 0 Å². The third-order valence-electron chi connectivity index (χ3n) is 1.85. The van der Waals surface area contributed by atoms with E-state index in [0.717, 1.165) is 5.56 Å². The lowest BCUT2D eigenvalue weighted by molar-refractivity contribution is -0.384. The molecule has 1 aromatic rings. The molecular formula is C10H12N2O3. The molecule has 1 N–H and O–H groups in total. The van der Waals surface area contributed by atoms with Crippen LogP contribution in [0.2, 0.25) is 0 Å². The minimum atomic E-state index is -0.447. The Hall–Kier alpha value is -1.75. The summed E-state index contributed by atoms with van der Waals surface area (Å²) in [5.74, 6) is 0. The number of aliphatic imine (C=N–C) groups is 1. The molecule has 0 aromatic heterocycles. The van der Waals surface area contributed by atoms with Crippen molar-refractivity contribution in [2.45, 2.75) is 13.0 Å². The third kappa shape index (κ3) is 3.47. The number of nitrogens with zero attached hydrogens (tertiary/aromatic N) is 2. The number of rotatable bonds is 4. The smallest absolute Gasteiger partial charge is 0.269 e. The summed E-state index contributed by atoms with van der Waals surface area (Å²) >= 11 is 0. The van der Waals surface area contributed by atoms with E-state index < -0.39 is 4.92 Å². The molecule has 0 heterocycles. The van der Waals surface area contributed by atoms with Crippen LogP contribution in [0.25, 0.3) is 0 Å². The zero-order valence-electron chi connectivity index (χ0n) is 8.33. The summed E-state index contributed by atoms with van der Waals surface area (Å²) in [6.07, 6.45) is 1.59. The monoisotopic (exact) mass is 208 g/mol. The van der Waals surface area contributed by atoms with Gasteiger partial charge in [0.1, 0.15) is 0 Å². The molecule has 1 rings (SSSR count). The number of nitro benzene ring substituents is 1. The average Bonchev–Trinajstić information content (AvgIpc) is 2.26. The Bertz CT molecular complexity index is 359. The maximum absolute atomic E-state index is 10.4. The van der Waals surface area contributed by atoms with Crippen LogP contribution in [0.4, 0.5) is 5.69 Å². The van der Waals surface area contributed by atoms with Gasteiger partial charge in [-0.05, 0) is 24.6 Å². The lowest BCUT2D eigenvalue weighted by atomic mass is 10.2. The fourth-order valence-corrected chi connectivity index (χ4v) is 0.943. The van der Waals surface area contributed by atoms with Crippen molar-refractivity contribution in [3.63, 3.8) is 0 Å². The summed E-state index contributed by atoms with van der Waals surface area (Å²) in [6.45, 7) is 1.77. The van der Waals surface area contributed by atoms with Crippen molar-refractivity contribution in [2.75, 3.05) is 6.61 Å². The maximum atomic E-state index is 10.4. The maximum Gasteiger partial charge on any atom is 0.269 e. The van der Waals surface area contributed by atoms with Crippen molar-refractivity contribution in [3.05, 3.63) is 39.9 Å². The Balaban J connectivity index is 2.72. The van der Waals surface area contributed by atoms with Crippen LogP contribution >= 0.6 is 0 Å². The van der Waals surface area contributed by atoms with Crippen LogP contribution < -0.4 is 0 Å². The Morgan fingerprint density at radius 1 is 1.53 bits per heavy atom. The Morgan fingerprint density at radius 2 is 2.13 bits per heavy atom. The van der Waals surface area contributed by atoms with Gasteiger partial charge in [0.2, 0.25) is 0 Å². The fraction of sp³-hybridized carbons (Fsp3) is 0.300. The Kier molecular flexibility index (Phi) is 3.93. The molecule has 0 radical (unpaired) electrons. The van der Waals surface area contributed by atoms with Gasteiger partial charge in [0.05, 0.1) is 17.6 Å². The summed E-state index contributed by atoms with van der Waals surface area (Å²) in [7, 11) is 0. The first kappa shape index (κ1) is 11.3. The van der Waals surface area contributed by atoms with Gasteiger partial charge in [0.25, 0.3) is 5.69 Å². The first-order chi connectivity index (χ1) is 7.13. The molecule has 0 saturated carbocycles. The number of hydrogen-bond donors (Lipinski definition) is 1. The van der Waals surface area contributed by atoms with E-state index in [9.17, 15) is 10.1 Å². The van der Waals surface area contributed by atoms with Crippen LogP contribution in [-0.2, 0) is 0 Å². The predicted molar refractivity (Wildman–Crippen MR) is 57.2 cm³/mol. The van der Waals surface area contributed by atoms with E-state index in [1.165, 1.54) is 12.1 Å². The quantitative estimate of drug-likeness (QED) is 0.461. The number of aliphatic hydroxyl groups is 1. The van der Waals surface area contributed by atoms with Crippen LogP contribution in [0, 0.1) is 10.1 Å². The molecule has 0 aliphatic carbocycles. The van der Waals surface area contributed by atoms with E-state index in [0.29, 0.717) is 0 Å². The van der Waals surface area contributed by atoms with E-state index in [1.807, 2.05) is 0 Å². The van der Waals surface area contributed by atoms with Crippen LogP contribution in [0.5, 0.6) is 0 Å². The molecule has 5 heteroatoms. The van der Waals surface area contributed by atoms with E-state index >= 15 is 0 Å². The lowest BCUT2D eigenvalue weighted by Gasteiger charge is -1.99. The Morgan fingerprint density at radius 3 is 2.60 bits per heavy atom. The molecule has 1 unspecified atom stereocenters. The molecule has 1 atom stereocenters. The number of benzene rings is 1. The predicted octanol–water partition coefficient (Wildman–Crippen LogP) is 1.39. The van der Waals surface area contributed by atoms with Gasteiger partial charge in [-0.25, -0.2) is 0 Å². The molecule has 1 aromatic carbocycles. The number of hydrogen-bond acceptors (Lipinski definition) is 4. The van der Waals surface area contributed by atoms with Gasteiger partial charge >= 0.3 is 0 Å². The molecule has 0 aliphatic rings. The molecule has 0 aliphatic heterocycles. The average molecular weight is 208 g/mol. The van der Waals surface area contributed by atoms with Gasteiger partial charge in [-0.15, -0.1) is 0 Å². The van der Waals surface area contributed by atoms with Gasteiger partial charge in [-0.3, -0.25) is 15.1 Å². The number of aliphatic hydroxyl groups excluding tert-OH is 1. The topological polar surface area (TPSA) is 75.7 Å². The molecular weight excluding hydrogens is 196 g/mol. The van der Waals surface area contributed by atoms with Gasteiger partial charge in [-0.2, -0.15) is 0 Å². The largest absolute Gasteiger partial charge is 0.394 e. The SMILES string of the molecule is CC(CO)N=Cc1ccc([N+](=O)[O-])cc1. The van der Waals surface area contributed by atoms with Crippen molar-refractivity contribution in [2.24, 2.45) is 4.99 Å². The summed E-state index contributed by atoms with van der Waals surface area (Å²) in [6, 6.07) is 5.92. The highest BCUT2D eigenvalue weighted by Gasteiger charge is 2.02. The van der Waals surface area contributed by atoms with E-state index in [1.54, 1.807) is 25.3 Å². The lowest BCUT2D eigenvalue weighted by Crippen LogP contribution is -2.03. The second kappa shape index (κ2) is 5.21. The number of nitro groups is 1. The Labute approximate surface area is 87.2 Å². The molecule has 0 amide bonds. The van der Waals surface area contributed by atoms with Gasteiger partial charge in [-0.1, -0.05) is 0 Å². The van der Waals surface area contributed by atoms with Gasteiger partial charge in [0, 0.05) is 18.3 Å². The first-order valence-electron chi connectivity index (χ1n) is 4.52. The van der Waals surface area contributed by atoms with E-state index in [-0.39, 0.29) is 18.3 Å². The molecule has 15 heavy (non-hydrogen) atoms. The van der Waals surface area contributed by atoms with Crippen molar-refractivity contribution < 1.29 is 10.0 Å². The molecule has 0 fully saturated rings. The third-order valence-corrected chi connectivity index (χ3v) is 1.85. The zero-order valence-corrected chi connectivity index (χ0v) is 8.33. The zero-order chi connectivity index (χ0) is 11.3. The fourth-order valence-electron chi connectivity index (χ4n) is 0.943. The van der Waals surface area contributed by atoms with Crippen LogP contribution in [0.15, 0.2) is 29.3 Å². The molecule has 0 bridgehead atoms. The standard InChI is InChI=1S/C10H12N2O3/c1-8(7-13)11-6-9-2-4-10(5-3-9)12(14)15/h2-6,8,13H,7H2,1H3. The van der Waals surface area contributed by atoms with Crippen molar-refractivity contribution in [1.29, 1.82) is 0 Å². The summed E-state index contributed by atoms with van der Waals surface area (Å²) in [4.78, 5) is 14.0. The highest BCUT2D eigenvalue weighted by Crippen LogP contribution is 2.10. The van der Waals surface area contributed by atoms with E-state index in [4.69, 9.17) is 5.11 Å². The normalized spacial score (nSPS) is 12.9. The van der Waals surface area contributed by atoms with Crippen molar-refractivity contribution in [3.8, 4) is 0 Å². The van der Waals surface area contributed by atoms with E-state index in [2.05, 4.69) is 4.99 Å². The second-order valence-electron chi connectivity index (χ2n) is 3.16. The molecule has 0 saturated heterocycles. The minimum Gasteiger partial charge on any atom is -0.394 e. The number of non-ortho nitro benzene ring substituents is 1. The van der Waals surface area contributed by atoms with Crippen LogP contribution in [-0.4, -0.2) is 28.9 Å². The minimum absolute atomic E-state index is 0.0104. The van der Waals surface area contributed by atoms with Crippen molar-refractivity contribution >= 4 is 11.9 Å². The summed E-state index contributed by atoms with van der Waals surface area (Å²) < 4.78 is 0. The highest BCUT2D eigenvalue weighted by molar-refractivity contribution is 5.80. The second-order valence-corrected chi connectivity index (χ2v) is 3.16. The summed E-state index contributed by atoms with van der Waals surface area (Å²) in [5, 5.41) is 19.1. The molecule has 80 valence electrons. The van der Waals surface area contributed by atoms with Crippen LogP contribution in [0.1, 0.15) is 12.5 Å². The first-order valence-corrected chi connectivity index (χ1v) is 4.52. The summed E-state index contributed by atoms with van der Waals surface area (Å²) in [5.41, 5.74) is 0.836. The molecule has 0 spiro atoms. The molecule has 5 nitrogen and oxygen atoms in total. The van der Waals surface area contributed by atoms with Crippen LogP contribution in [0.3, 0.4) is 0 Å². The van der Waals surface area contributed by atoms with Gasteiger partial charge < -0.3 is 5.11 Å². The van der Waals surface area contributed by atoms with Gasteiger partial charge in [0.15, 0.2) is 0 Å².